The lowest BCUT2D eigenvalue weighted by molar-refractivity contribution is 0.235. The molecule has 0 saturated heterocycles. The molecule has 7 heteroatoms. The first-order chi connectivity index (χ1) is 13.8. The molecule has 0 spiro atoms. The van der Waals surface area contributed by atoms with Crippen LogP contribution in [0, 0.1) is 18.6 Å². The summed E-state index contributed by atoms with van der Waals surface area (Å²) in [5.74, 6) is -1.73. The maximum absolute atomic E-state index is 14.6. The molecule has 1 aliphatic rings. The van der Waals surface area contributed by atoms with E-state index in [4.69, 9.17) is 4.74 Å². The molecule has 150 valence electrons. The van der Waals surface area contributed by atoms with E-state index in [2.05, 4.69) is 4.18 Å². The van der Waals surface area contributed by atoms with Crippen LogP contribution in [0.5, 0.6) is 5.75 Å². The second kappa shape index (κ2) is 7.24. The Morgan fingerprint density at radius 2 is 1.79 bits per heavy atom. The zero-order chi connectivity index (χ0) is 20.8. The average molecular weight is 416 g/mol. The van der Waals surface area contributed by atoms with Crippen LogP contribution in [0.3, 0.4) is 0 Å². The van der Waals surface area contributed by atoms with E-state index in [-0.39, 0.29) is 22.6 Å². The molecule has 4 rings (SSSR count). The van der Waals surface area contributed by atoms with Crippen molar-refractivity contribution in [3.63, 3.8) is 0 Å². The number of ether oxygens (including phenoxy) is 1. The van der Waals surface area contributed by atoms with Gasteiger partial charge in [0.2, 0.25) is 0 Å². The molecule has 0 aromatic heterocycles. The maximum Gasteiger partial charge on any atom is 0.297 e. The highest BCUT2D eigenvalue weighted by molar-refractivity contribution is 7.86. The van der Waals surface area contributed by atoms with E-state index >= 15 is 0 Å². The number of benzene rings is 3. The Morgan fingerprint density at radius 1 is 1.07 bits per heavy atom. The van der Waals surface area contributed by atoms with E-state index < -0.39 is 27.9 Å². The first-order valence-corrected chi connectivity index (χ1v) is 10.4. The van der Waals surface area contributed by atoms with Gasteiger partial charge in [-0.15, -0.1) is 0 Å². The minimum atomic E-state index is -4.00. The highest BCUT2D eigenvalue weighted by Crippen LogP contribution is 2.46. The Kier molecular flexibility index (Phi) is 4.88. The van der Waals surface area contributed by atoms with Gasteiger partial charge in [0.05, 0.1) is 7.11 Å². The predicted molar refractivity (Wildman–Crippen MR) is 104 cm³/mol. The molecule has 0 bridgehead atoms. The number of fused-ring (bicyclic) bond motifs is 1. The molecule has 1 atom stereocenters. The van der Waals surface area contributed by atoms with Crippen LogP contribution in [0.1, 0.15) is 22.8 Å². The van der Waals surface area contributed by atoms with Crippen LogP contribution in [-0.4, -0.2) is 15.5 Å². The number of rotatable bonds is 4. The zero-order valence-electron chi connectivity index (χ0n) is 15.8. The van der Waals surface area contributed by atoms with Crippen molar-refractivity contribution >= 4 is 10.1 Å². The van der Waals surface area contributed by atoms with Crippen LogP contribution < -0.4 is 4.74 Å². The summed E-state index contributed by atoms with van der Waals surface area (Å²) < 4.78 is 64.3. The highest BCUT2D eigenvalue weighted by Gasteiger charge is 2.35. The van der Waals surface area contributed by atoms with Gasteiger partial charge in [-0.1, -0.05) is 48.0 Å². The lowest BCUT2D eigenvalue weighted by Gasteiger charge is -2.17. The third-order valence-corrected chi connectivity index (χ3v) is 6.35. The molecule has 3 aromatic rings. The van der Waals surface area contributed by atoms with Gasteiger partial charge in [0.15, 0.2) is 11.6 Å². The minimum absolute atomic E-state index is 0.00838. The molecule has 3 aromatic carbocycles. The minimum Gasteiger partial charge on any atom is -0.484 e. The third kappa shape index (κ3) is 3.41. The lowest BCUT2D eigenvalue weighted by Crippen LogP contribution is -2.12. The first-order valence-electron chi connectivity index (χ1n) is 8.96. The predicted octanol–water partition coefficient (Wildman–Crippen LogP) is 4.95. The topological polar surface area (TPSA) is 52.6 Å². The SMILES string of the molecule is COS(=O)(=O)c1ccc(C)cc1C1Cc2c(F)c(F)cc(-c3ccccc3)c2O1. The summed E-state index contributed by atoms with van der Waals surface area (Å²) >= 11 is 0. The van der Waals surface area contributed by atoms with Crippen molar-refractivity contribution in [2.75, 3.05) is 7.11 Å². The van der Waals surface area contributed by atoms with Crippen molar-refractivity contribution in [3.05, 3.63) is 82.9 Å². The normalized spacial score (nSPS) is 15.8. The number of aryl methyl sites for hydroxylation is 1. The van der Waals surface area contributed by atoms with E-state index in [9.17, 15) is 17.2 Å². The quantitative estimate of drug-likeness (QED) is 0.565. The Hall–Kier alpha value is -2.77. The standard InChI is InChI=1S/C22H18F2O4S/c1-13-8-9-20(29(25,26)27-2)16(10-13)19-12-17-21(24)18(23)11-15(22(17)28-19)14-6-4-3-5-7-14/h3-11,19H,12H2,1-2H3. The van der Waals surface area contributed by atoms with Crippen molar-refractivity contribution in [2.24, 2.45) is 0 Å². The van der Waals surface area contributed by atoms with Crippen LogP contribution in [-0.2, 0) is 20.7 Å². The number of hydrogen-bond acceptors (Lipinski definition) is 4. The van der Waals surface area contributed by atoms with Gasteiger partial charge in [-0.05, 0) is 24.6 Å². The summed E-state index contributed by atoms with van der Waals surface area (Å²) in [7, 11) is -2.92. The molecule has 0 fully saturated rings. The van der Waals surface area contributed by atoms with Crippen LogP contribution in [0.25, 0.3) is 11.1 Å². The molecule has 1 heterocycles. The number of halogens is 2. The lowest BCUT2D eigenvalue weighted by atomic mass is 9.98. The zero-order valence-corrected chi connectivity index (χ0v) is 16.6. The van der Waals surface area contributed by atoms with E-state index in [1.807, 2.05) is 13.0 Å². The van der Waals surface area contributed by atoms with Gasteiger partial charge >= 0.3 is 0 Å². The fourth-order valence-electron chi connectivity index (χ4n) is 3.59. The third-order valence-electron chi connectivity index (χ3n) is 5.00. The molecule has 29 heavy (non-hydrogen) atoms. The fourth-order valence-corrected chi connectivity index (χ4v) is 4.48. The van der Waals surface area contributed by atoms with Crippen molar-refractivity contribution in [1.29, 1.82) is 0 Å². The Morgan fingerprint density at radius 3 is 2.48 bits per heavy atom. The van der Waals surface area contributed by atoms with Gasteiger partial charge in [-0.2, -0.15) is 8.42 Å². The summed E-state index contributed by atoms with van der Waals surface area (Å²) in [6, 6.07) is 14.8. The summed E-state index contributed by atoms with van der Waals surface area (Å²) in [4.78, 5) is -0.0504. The maximum atomic E-state index is 14.6. The molecule has 0 aliphatic carbocycles. The van der Waals surface area contributed by atoms with Crippen molar-refractivity contribution in [2.45, 2.75) is 24.3 Å². The molecular weight excluding hydrogens is 398 g/mol. The van der Waals surface area contributed by atoms with Crippen molar-refractivity contribution < 1.29 is 26.1 Å². The van der Waals surface area contributed by atoms with E-state index in [1.54, 1.807) is 36.4 Å². The molecule has 0 N–H and O–H groups in total. The Bertz CT molecular complexity index is 1190. The second-order valence-corrected chi connectivity index (χ2v) is 8.55. The molecule has 0 saturated carbocycles. The molecular formula is C22H18F2O4S. The van der Waals surface area contributed by atoms with Crippen LogP contribution in [0.2, 0.25) is 0 Å². The average Bonchev–Trinajstić information content (AvgIpc) is 3.17. The van der Waals surface area contributed by atoms with Gasteiger partial charge in [0.25, 0.3) is 10.1 Å². The highest BCUT2D eigenvalue weighted by atomic mass is 32.2. The van der Waals surface area contributed by atoms with Gasteiger partial charge in [-0.25, -0.2) is 8.78 Å². The van der Waals surface area contributed by atoms with Gasteiger partial charge in [-0.3, -0.25) is 4.18 Å². The van der Waals surface area contributed by atoms with Crippen molar-refractivity contribution in [1.82, 2.24) is 0 Å². The fraction of sp³-hybridized carbons (Fsp3) is 0.182. The molecule has 1 unspecified atom stereocenters. The van der Waals surface area contributed by atoms with Gasteiger partial charge in [0, 0.05) is 23.1 Å². The second-order valence-electron chi connectivity index (χ2n) is 6.87. The first kappa shape index (κ1) is 19.5. The van der Waals surface area contributed by atoms with Gasteiger partial charge in [0.1, 0.15) is 16.7 Å². The number of hydrogen-bond donors (Lipinski definition) is 0. The van der Waals surface area contributed by atoms with Crippen LogP contribution in [0.15, 0.2) is 59.5 Å². The largest absolute Gasteiger partial charge is 0.484 e. The molecule has 0 radical (unpaired) electrons. The Labute approximate surface area is 167 Å². The Balaban J connectivity index is 1.86. The smallest absolute Gasteiger partial charge is 0.297 e. The summed E-state index contributed by atoms with van der Waals surface area (Å²) in [5.41, 5.74) is 2.35. The van der Waals surface area contributed by atoms with Crippen LogP contribution in [0.4, 0.5) is 8.78 Å². The summed E-state index contributed by atoms with van der Waals surface area (Å²) in [5, 5.41) is 0. The van der Waals surface area contributed by atoms with Crippen LogP contribution >= 0.6 is 0 Å². The van der Waals surface area contributed by atoms with Crippen molar-refractivity contribution in [3.8, 4) is 16.9 Å². The monoisotopic (exact) mass is 416 g/mol. The van der Waals surface area contributed by atoms with E-state index in [0.29, 0.717) is 16.7 Å². The van der Waals surface area contributed by atoms with Gasteiger partial charge < -0.3 is 4.74 Å². The van der Waals surface area contributed by atoms with E-state index in [0.717, 1.165) is 18.7 Å². The molecule has 0 amide bonds. The summed E-state index contributed by atoms with van der Waals surface area (Å²) in [6.45, 7) is 1.81. The summed E-state index contributed by atoms with van der Waals surface area (Å²) in [6.07, 6.45) is -0.780. The molecule has 4 nitrogen and oxygen atoms in total. The van der Waals surface area contributed by atoms with E-state index in [1.165, 1.54) is 6.07 Å². The molecule has 1 aliphatic heterocycles.